The number of fused-ring (bicyclic) bond motifs is 3. The molecule has 6 rings (SSSR count). The van der Waals surface area contributed by atoms with Crippen LogP contribution in [0.2, 0.25) is 10.0 Å². The predicted octanol–water partition coefficient (Wildman–Crippen LogP) is 7.45. The molecule has 36 heavy (non-hydrogen) atoms. The topological polar surface area (TPSA) is 74.1 Å². The van der Waals surface area contributed by atoms with Crippen molar-refractivity contribution in [3.8, 4) is 11.4 Å². The minimum Gasteiger partial charge on any atom is -0.467 e. The molecule has 0 saturated carbocycles. The first-order valence-electron chi connectivity index (χ1n) is 11.0. The van der Waals surface area contributed by atoms with Crippen LogP contribution in [0.1, 0.15) is 11.3 Å². The van der Waals surface area contributed by atoms with Gasteiger partial charge < -0.3 is 8.83 Å². The second-order valence-corrected chi connectivity index (χ2v) is 9.92. The summed E-state index contributed by atoms with van der Waals surface area (Å²) in [4.78, 5) is 12.3. The number of hydrogen-bond donors (Lipinski definition) is 0. The van der Waals surface area contributed by atoms with Crippen molar-refractivity contribution in [1.29, 1.82) is 0 Å². The van der Waals surface area contributed by atoms with E-state index in [4.69, 9.17) is 32.0 Å². The molecule has 0 aliphatic heterocycles. The second kappa shape index (κ2) is 9.50. The van der Waals surface area contributed by atoms with Gasteiger partial charge in [-0.25, -0.2) is 4.79 Å². The lowest BCUT2D eigenvalue weighted by Crippen LogP contribution is -2.04. The van der Waals surface area contributed by atoms with Crippen molar-refractivity contribution in [2.45, 2.75) is 17.5 Å². The Bertz CT molecular complexity index is 1780. The van der Waals surface area contributed by atoms with Gasteiger partial charge in [0.2, 0.25) is 0 Å². The van der Waals surface area contributed by atoms with E-state index in [1.54, 1.807) is 24.5 Å². The van der Waals surface area contributed by atoms with Gasteiger partial charge in [-0.3, -0.25) is 4.57 Å². The van der Waals surface area contributed by atoms with Gasteiger partial charge in [0.25, 0.3) is 0 Å². The van der Waals surface area contributed by atoms with E-state index in [0.717, 1.165) is 27.5 Å². The number of hydrogen-bond acceptors (Lipinski definition) is 6. The van der Waals surface area contributed by atoms with Gasteiger partial charge in [0.05, 0.1) is 17.8 Å². The summed E-state index contributed by atoms with van der Waals surface area (Å²) in [5, 5.41) is 13.6. The van der Waals surface area contributed by atoms with Gasteiger partial charge in [0.1, 0.15) is 11.3 Å². The van der Waals surface area contributed by atoms with Crippen molar-refractivity contribution in [3.05, 3.63) is 111 Å². The number of thioether (sulfide) groups is 1. The minimum absolute atomic E-state index is 0.390. The van der Waals surface area contributed by atoms with Gasteiger partial charge in [-0.15, -0.1) is 10.2 Å². The molecule has 3 heterocycles. The van der Waals surface area contributed by atoms with Crippen LogP contribution in [0, 0.1) is 0 Å². The summed E-state index contributed by atoms with van der Waals surface area (Å²) < 4.78 is 13.0. The van der Waals surface area contributed by atoms with Crippen molar-refractivity contribution >= 4 is 56.7 Å². The molecule has 0 aliphatic carbocycles. The number of nitrogens with zero attached hydrogens (tertiary/aromatic N) is 3. The lowest BCUT2D eigenvalue weighted by molar-refractivity contribution is 0.485. The third-order valence-corrected chi connectivity index (χ3v) is 7.42. The van der Waals surface area contributed by atoms with Crippen LogP contribution in [0.5, 0.6) is 0 Å². The number of halogens is 2. The van der Waals surface area contributed by atoms with Crippen LogP contribution in [0.3, 0.4) is 0 Å². The lowest BCUT2D eigenvalue weighted by atomic mass is 10.0. The fourth-order valence-corrected chi connectivity index (χ4v) is 5.65. The van der Waals surface area contributed by atoms with E-state index < -0.39 is 0 Å². The molecule has 9 heteroatoms. The van der Waals surface area contributed by atoms with Crippen LogP contribution >= 0.6 is 35.0 Å². The molecule has 0 radical (unpaired) electrons. The molecule has 178 valence electrons. The molecular weight excluding hydrogens is 517 g/mol. The van der Waals surface area contributed by atoms with Gasteiger partial charge in [-0.1, -0.05) is 65.3 Å². The standard InChI is InChI=1S/C27H17Cl2N3O3S/c28-18-8-9-21(22(29)13-18)26-30-31-27(32(26)14-19-5-3-11-34-19)36-15-17-12-24(33)35-23-10-7-16-4-1-2-6-20(16)25(17)23/h1-13H,14-15H2. The summed E-state index contributed by atoms with van der Waals surface area (Å²) >= 11 is 14.1. The van der Waals surface area contributed by atoms with E-state index in [1.165, 1.54) is 11.8 Å². The lowest BCUT2D eigenvalue weighted by Gasteiger charge is -2.11. The van der Waals surface area contributed by atoms with Crippen LogP contribution in [0.15, 0.2) is 97.8 Å². The zero-order chi connectivity index (χ0) is 24.6. The Morgan fingerprint density at radius 1 is 0.944 bits per heavy atom. The maximum Gasteiger partial charge on any atom is 0.336 e. The fraction of sp³-hybridized carbons (Fsp3) is 0.0741. The molecule has 0 unspecified atom stereocenters. The molecule has 3 aromatic heterocycles. The van der Waals surface area contributed by atoms with E-state index in [-0.39, 0.29) is 5.63 Å². The third-order valence-electron chi connectivity index (χ3n) is 5.85. The number of furan rings is 1. The van der Waals surface area contributed by atoms with Crippen molar-refractivity contribution in [3.63, 3.8) is 0 Å². The van der Waals surface area contributed by atoms with E-state index in [0.29, 0.717) is 44.5 Å². The molecule has 0 bridgehead atoms. The van der Waals surface area contributed by atoms with Crippen LogP contribution in [-0.4, -0.2) is 14.8 Å². The smallest absolute Gasteiger partial charge is 0.336 e. The predicted molar refractivity (Wildman–Crippen MR) is 143 cm³/mol. The Kier molecular flexibility index (Phi) is 6.05. The highest BCUT2D eigenvalue weighted by atomic mass is 35.5. The van der Waals surface area contributed by atoms with Crippen molar-refractivity contribution in [1.82, 2.24) is 14.8 Å². The maximum atomic E-state index is 12.3. The highest BCUT2D eigenvalue weighted by molar-refractivity contribution is 7.98. The molecule has 6 nitrogen and oxygen atoms in total. The van der Waals surface area contributed by atoms with Gasteiger partial charge in [0.15, 0.2) is 11.0 Å². The summed E-state index contributed by atoms with van der Waals surface area (Å²) in [6.07, 6.45) is 1.63. The van der Waals surface area contributed by atoms with Gasteiger partial charge in [-0.05, 0) is 52.7 Å². The van der Waals surface area contributed by atoms with Crippen LogP contribution in [0.4, 0.5) is 0 Å². The van der Waals surface area contributed by atoms with Gasteiger partial charge in [0, 0.05) is 27.8 Å². The molecule has 0 saturated heterocycles. The van der Waals surface area contributed by atoms with Crippen molar-refractivity contribution in [2.24, 2.45) is 0 Å². The van der Waals surface area contributed by atoms with Crippen molar-refractivity contribution in [2.75, 3.05) is 0 Å². The van der Waals surface area contributed by atoms with Gasteiger partial charge >= 0.3 is 5.63 Å². The summed E-state index contributed by atoms with van der Waals surface area (Å²) in [5.74, 6) is 1.83. The van der Waals surface area contributed by atoms with Crippen LogP contribution in [0.25, 0.3) is 33.1 Å². The summed E-state index contributed by atoms with van der Waals surface area (Å²) in [5.41, 5.74) is 1.74. The quantitative estimate of drug-likeness (QED) is 0.126. The number of aromatic nitrogens is 3. The Labute approximate surface area is 219 Å². The third kappa shape index (κ3) is 4.30. The molecule has 0 N–H and O–H groups in total. The number of rotatable bonds is 6. The van der Waals surface area contributed by atoms with E-state index in [2.05, 4.69) is 10.2 Å². The molecule has 0 amide bonds. The first-order chi connectivity index (χ1) is 17.6. The number of benzene rings is 3. The first-order valence-corrected chi connectivity index (χ1v) is 12.8. The normalized spacial score (nSPS) is 11.5. The first kappa shape index (κ1) is 22.9. The highest BCUT2D eigenvalue weighted by Crippen LogP contribution is 2.35. The van der Waals surface area contributed by atoms with Crippen molar-refractivity contribution < 1.29 is 8.83 Å². The fourth-order valence-electron chi connectivity index (χ4n) is 4.24. The van der Waals surface area contributed by atoms with E-state index >= 15 is 0 Å². The average Bonchev–Trinajstić information content (AvgIpc) is 3.53. The molecule has 0 fully saturated rings. The molecule has 0 atom stereocenters. The molecule has 3 aromatic carbocycles. The highest BCUT2D eigenvalue weighted by Gasteiger charge is 2.19. The molecule has 6 aromatic rings. The van der Waals surface area contributed by atoms with E-state index in [9.17, 15) is 4.79 Å². The Hall–Kier alpha value is -3.52. The Morgan fingerprint density at radius 3 is 2.67 bits per heavy atom. The van der Waals surface area contributed by atoms with E-state index in [1.807, 2.05) is 59.2 Å². The van der Waals surface area contributed by atoms with Crippen LogP contribution in [-0.2, 0) is 12.3 Å². The summed E-state index contributed by atoms with van der Waals surface area (Å²) in [6, 6.07) is 22.4. The average molecular weight is 534 g/mol. The second-order valence-electron chi connectivity index (χ2n) is 8.14. The zero-order valence-corrected chi connectivity index (χ0v) is 21.0. The van der Waals surface area contributed by atoms with Gasteiger partial charge in [-0.2, -0.15) is 0 Å². The Balaban J connectivity index is 1.43. The largest absolute Gasteiger partial charge is 0.467 e. The SMILES string of the molecule is O=c1cc(CSc2nnc(-c3ccc(Cl)cc3Cl)n2Cc2ccco2)c2c(ccc3ccccc32)o1. The van der Waals surface area contributed by atoms with Crippen LogP contribution < -0.4 is 5.63 Å². The molecular formula is C27H17Cl2N3O3S. The maximum absolute atomic E-state index is 12.3. The minimum atomic E-state index is -0.390. The molecule has 0 spiro atoms. The summed E-state index contributed by atoms with van der Waals surface area (Å²) in [7, 11) is 0. The summed E-state index contributed by atoms with van der Waals surface area (Å²) in [6.45, 7) is 0.414. The Morgan fingerprint density at radius 2 is 1.83 bits per heavy atom. The molecule has 0 aliphatic rings. The zero-order valence-electron chi connectivity index (χ0n) is 18.7. The monoisotopic (exact) mass is 533 g/mol.